The Morgan fingerprint density at radius 1 is 0.566 bits per heavy atom. The lowest BCUT2D eigenvalue weighted by Crippen LogP contribution is -2.29. The van der Waals surface area contributed by atoms with Crippen LogP contribution in [-0.2, 0) is 27.9 Å². The molecule has 9 nitrogen and oxygen atoms in total. The molecule has 0 aromatic heterocycles. The van der Waals surface area contributed by atoms with Gasteiger partial charge in [0.15, 0.2) is 0 Å². The number of esters is 1. The number of phosphoric ester groups is 1. The lowest BCUT2D eigenvalue weighted by atomic mass is 10.1. The molecule has 53 heavy (non-hydrogen) atoms. The highest BCUT2D eigenvalue weighted by molar-refractivity contribution is 7.47. The van der Waals surface area contributed by atoms with Crippen LogP contribution in [0.1, 0.15) is 213 Å². The number of carbonyl (C=O) groups excluding carboxylic acids is 1. The molecule has 3 unspecified atom stereocenters. The van der Waals surface area contributed by atoms with Gasteiger partial charge in [-0.3, -0.25) is 13.8 Å². The number of ether oxygens (including phenoxy) is 2. The number of carbonyl (C=O) groups is 1. The zero-order valence-corrected chi connectivity index (χ0v) is 35.4. The first-order chi connectivity index (χ1) is 25.8. The largest absolute Gasteiger partial charge is 0.472 e. The summed E-state index contributed by atoms with van der Waals surface area (Å²) in [5, 5.41) is 18.3. The predicted octanol–water partition coefficient (Wildman–Crippen LogP) is 12.1. The van der Waals surface area contributed by atoms with Crippen LogP contribution in [0, 0.1) is 0 Å². The molecule has 0 saturated carbocycles. The van der Waals surface area contributed by atoms with E-state index in [1.807, 2.05) is 0 Å². The van der Waals surface area contributed by atoms with Gasteiger partial charge in [0.05, 0.1) is 26.4 Å². The third-order valence-electron chi connectivity index (χ3n) is 9.70. The van der Waals surface area contributed by atoms with Crippen LogP contribution in [0.5, 0.6) is 0 Å². The molecule has 316 valence electrons. The van der Waals surface area contributed by atoms with Gasteiger partial charge in [-0.05, 0) is 38.5 Å². The van der Waals surface area contributed by atoms with E-state index in [9.17, 15) is 19.4 Å². The monoisotopic (exact) mass is 777 g/mol. The van der Waals surface area contributed by atoms with E-state index in [-0.39, 0.29) is 25.6 Å². The molecule has 0 amide bonds. The zero-order valence-electron chi connectivity index (χ0n) is 34.5. The van der Waals surface area contributed by atoms with Crippen molar-refractivity contribution in [2.75, 3.05) is 33.0 Å². The number of rotatable bonds is 43. The van der Waals surface area contributed by atoms with Crippen molar-refractivity contribution in [2.24, 2.45) is 0 Å². The van der Waals surface area contributed by atoms with Crippen molar-refractivity contribution >= 4 is 13.8 Å². The first-order valence-electron chi connectivity index (χ1n) is 22.2. The molecule has 0 bridgehead atoms. The molecule has 0 rings (SSSR count). The van der Waals surface area contributed by atoms with E-state index in [0.717, 1.165) is 32.1 Å². The summed E-state index contributed by atoms with van der Waals surface area (Å²) in [4.78, 5) is 22.6. The molecule has 0 aliphatic carbocycles. The summed E-state index contributed by atoms with van der Waals surface area (Å²) in [5.74, 6) is -0.381. The fourth-order valence-corrected chi connectivity index (χ4v) is 7.08. The Morgan fingerprint density at radius 3 is 1.42 bits per heavy atom. The standard InChI is InChI=1S/C43H85O9P/c1-3-5-7-9-11-13-15-16-17-18-19-20-21-22-23-24-25-27-29-31-33-35-43(46)52-42(40-51-53(47,48)50-38-41(45)37-44)39-49-36-34-32-30-28-26-14-12-10-8-6-4-2/h18-19,41-42,44-45H,3-17,20-40H2,1-2H3,(H,47,48)/b19-18-. The molecule has 3 atom stereocenters. The Kier molecular flexibility index (Phi) is 40.2. The second kappa shape index (κ2) is 40.9. The maximum Gasteiger partial charge on any atom is 0.472 e. The van der Waals surface area contributed by atoms with Crippen molar-refractivity contribution in [1.82, 2.24) is 0 Å². The SMILES string of the molecule is CCCCCCCCCC/C=C\CCCCCCCCCCCC(=O)OC(COCCCCCCCCCCCCC)COP(=O)(O)OCC(O)CO. The van der Waals surface area contributed by atoms with Gasteiger partial charge in [-0.25, -0.2) is 4.57 Å². The minimum Gasteiger partial charge on any atom is -0.457 e. The molecule has 3 N–H and O–H groups in total. The number of allylic oxidation sites excluding steroid dienone is 2. The topological polar surface area (TPSA) is 132 Å². The van der Waals surface area contributed by atoms with Crippen LogP contribution in [0.2, 0.25) is 0 Å². The predicted molar refractivity (Wildman–Crippen MR) is 219 cm³/mol. The van der Waals surface area contributed by atoms with Gasteiger partial charge in [0.2, 0.25) is 0 Å². The maximum absolute atomic E-state index is 12.6. The Morgan fingerprint density at radius 2 is 0.962 bits per heavy atom. The number of aliphatic hydroxyl groups excluding tert-OH is 2. The summed E-state index contributed by atoms with van der Waals surface area (Å²) in [7, 11) is -4.51. The van der Waals surface area contributed by atoms with Crippen molar-refractivity contribution in [3.8, 4) is 0 Å². The van der Waals surface area contributed by atoms with E-state index < -0.39 is 33.2 Å². The summed E-state index contributed by atoms with van der Waals surface area (Å²) in [6, 6.07) is 0. The molecule has 0 aromatic carbocycles. The molecule has 10 heteroatoms. The number of aliphatic hydroxyl groups is 2. The maximum atomic E-state index is 12.6. The van der Waals surface area contributed by atoms with Gasteiger partial charge in [-0.1, -0.05) is 180 Å². The van der Waals surface area contributed by atoms with Crippen LogP contribution >= 0.6 is 7.82 Å². The molecule has 0 radical (unpaired) electrons. The summed E-state index contributed by atoms with van der Waals surface area (Å²) in [6.45, 7) is 3.55. The van der Waals surface area contributed by atoms with Crippen molar-refractivity contribution in [3.05, 3.63) is 12.2 Å². The third kappa shape index (κ3) is 40.7. The van der Waals surface area contributed by atoms with Gasteiger partial charge in [0, 0.05) is 13.0 Å². The first kappa shape index (κ1) is 52.2. The highest BCUT2D eigenvalue weighted by Gasteiger charge is 2.26. The highest BCUT2D eigenvalue weighted by Crippen LogP contribution is 2.43. The van der Waals surface area contributed by atoms with Crippen LogP contribution in [-0.4, -0.2) is 66.3 Å². The highest BCUT2D eigenvalue weighted by atomic mass is 31.2. The Bertz CT molecular complexity index is 841. The Balaban J connectivity index is 4.07. The average molecular weight is 777 g/mol. The molecule has 0 aromatic rings. The van der Waals surface area contributed by atoms with Crippen molar-refractivity contribution in [1.29, 1.82) is 0 Å². The van der Waals surface area contributed by atoms with Crippen LogP contribution in [0.4, 0.5) is 0 Å². The summed E-state index contributed by atoms with van der Waals surface area (Å²) < 4.78 is 33.3. The van der Waals surface area contributed by atoms with Gasteiger partial charge in [-0.15, -0.1) is 0 Å². The van der Waals surface area contributed by atoms with E-state index in [1.165, 1.54) is 161 Å². The van der Waals surface area contributed by atoms with E-state index in [4.69, 9.17) is 23.6 Å². The average Bonchev–Trinajstić information content (AvgIpc) is 3.15. The van der Waals surface area contributed by atoms with Gasteiger partial charge < -0.3 is 24.6 Å². The number of hydrogen-bond acceptors (Lipinski definition) is 8. The summed E-state index contributed by atoms with van der Waals surface area (Å²) >= 11 is 0. The Hall–Kier alpha value is -0.800. The van der Waals surface area contributed by atoms with Crippen molar-refractivity contribution in [2.45, 2.75) is 225 Å². The minimum absolute atomic E-state index is 0.0539. The summed E-state index contributed by atoms with van der Waals surface area (Å²) in [6.07, 6.45) is 40.3. The molecule has 0 aliphatic heterocycles. The minimum atomic E-state index is -4.51. The van der Waals surface area contributed by atoms with E-state index in [0.29, 0.717) is 6.61 Å². The molecule has 0 saturated heterocycles. The van der Waals surface area contributed by atoms with Gasteiger partial charge in [-0.2, -0.15) is 0 Å². The van der Waals surface area contributed by atoms with Gasteiger partial charge in [0.1, 0.15) is 12.2 Å². The van der Waals surface area contributed by atoms with E-state index in [2.05, 4.69) is 26.0 Å². The van der Waals surface area contributed by atoms with E-state index in [1.54, 1.807) is 0 Å². The van der Waals surface area contributed by atoms with Gasteiger partial charge in [0.25, 0.3) is 0 Å². The Labute approximate surface area is 326 Å². The lowest BCUT2D eigenvalue weighted by Gasteiger charge is -2.20. The first-order valence-corrected chi connectivity index (χ1v) is 23.7. The van der Waals surface area contributed by atoms with Crippen LogP contribution in [0.15, 0.2) is 12.2 Å². The number of unbranched alkanes of at least 4 members (excludes halogenated alkanes) is 27. The van der Waals surface area contributed by atoms with E-state index >= 15 is 0 Å². The van der Waals surface area contributed by atoms with Crippen LogP contribution in [0.25, 0.3) is 0 Å². The smallest absolute Gasteiger partial charge is 0.457 e. The molecule has 0 fully saturated rings. The molecule has 0 heterocycles. The fraction of sp³-hybridized carbons (Fsp3) is 0.930. The second-order valence-electron chi connectivity index (χ2n) is 15.1. The number of hydrogen-bond donors (Lipinski definition) is 3. The summed E-state index contributed by atoms with van der Waals surface area (Å²) in [5.41, 5.74) is 0. The van der Waals surface area contributed by atoms with Crippen molar-refractivity contribution in [3.63, 3.8) is 0 Å². The second-order valence-corrected chi connectivity index (χ2v) is 16.5. The van der Waals surface area contributed by atoms with Crippen molar-refractivity contribution < 1.29 is 43.0 Å². The molecule has 0 aliphatic rings. The molecule has 0 spiro atoms. The fourth-order valence-electron chi connectivity index (χ4n) is 6.29. The van der Waals surface area contributed by atoms with Crippen LogP contribution in [0.3, 0.4) is 0 Å². The zero-order chi connectivity index (χ0) is 38.9. The van der Waals surface area contributed by atoms with Gasteiger partial charge >= 0.3 is 13.8 Å². The number of phosphoric acid groups is 1. The molecular formula is C43H85O9P. The molecular weight excluding hydrogens is 691 g/mol. The third-order valence-corrected chi connectivity index (χ3v) is 10.7. The van der Waals surface area contributed by atoms with Crippen LogP contribution < -0.4 is 0 Å². The normalized spacial score (nSPS) is 14.1. The lowest BCUT2D eigenvalue weighted by molar-refractivity contribution is -0.154. The quantitative estimate of drug-likeness (QED) is 0.0240.